The molecule has 1 amide bonds. The summed E-state index contributed by atoms with van der Waals surface area (Å²) in [6, 6.07) is 32.1. The molecular formula is C32H27NO5. The Morgan fingerprint density at radius 1 is 0.789 bits per heavy atom. The molecular weight excluding hydrogens is 478 g/mol. The van der Waals surface area contributed by atoms with Gasteiger partial charge < -0.3 is 19.5 Å². The molecule has 1 unspecified atom stereocenters. The highest BCUT2D eigenvalue weighted by atomic mass is 16.5. The van der Waals surface area contributed by atoms with Crippen LogP contribution >= 0.6 is 0 Å². The van der Waals surface area contributed by atoms with E-state index in [0.717, 1.165) is 5.56 Å². The van der Waals surface area contributed by atoms with Crippen LogP contribution < -0.4 is 9.47 Å². The third-order valence-electron chi connectivity index (χ3n) is 6.31. The molecule has 1 heterocycles. The number of ether oxygens (including phenoxy) is 2. The lowest BCUT2D eigenvalue weighted by Gasteiger charge is -2.26. The van der Waals surface area contributed by atoms with Gasteiger partial charge in [0, 0.05) is 12.1 Å². The van der Waals surface area contributed by atoms with E-state index in [4.69, 9.17) is 9.47 Å². The Morgan fingerprint density at radius 3 is 2.18 bits per heavy atom. The van der Waals surface area contributed by atoms with Gasteiger partial charge in [0.25, 0.3) is 11.7 Å². The van der Waals surface area contributed by atoms with Gasteiger partial charge in [-0.2, -0.15) is 0 Å². The van der Waals surface area contributed by atoms with Gasteiger partial charge in [0.2, 0.25) is 0 Å². The molecule has 0 aromatic heterocycles. The molecule has 6 heteroatoms. The predicted molar refractivity (Wildman–Crippen MR) is 145 cm³/mol. The van der Waals surface area contributed by atoms with Crippen LogP contribution in [0.25, 0.3) is 5.76 Å². The summed E-state index contributed by atoms with van der Waals surface area (Å²) in [5.74, 6) is 0.119. The molecule has 0 spiro atoms. The van der Waals surface area contributed by atoms with E-state index in [1.165, 1.54) is 4.90 Å². The fourth-order valence-electron chi connectivity index (χ4n) is 4.60. The number of hydrogen-bond acceptors (Lipinski definition) is 5. The maximum atomic E-state index is 13.4. The number of hydrogen-bond donors (Lipinski definition) is 1. The Kier molecular flexibility index (Phi) is 7.22. The Hall–Kier alpha value is -4.84. The molecule has 0 aliphatic carbocycles. The molecule has 1 atom stereocenters. The number of likely N-dealkylation sites (tertiary alicyclic amines) is 1. The van der Waals surface area contributed by atoms with Gasteiger partial charge in [-0.15, -0.1) is 0 Å². The van der Waals surface area contributed by atoms with Gasteiger partial charge >= 0.3 is 0 Å². The Balaban J connectivity index is 1.61. The molecule has 4 aromatic carbocycles. The molecule has 1 aliphatic heterocycles. The standard InChI is InChI=1S/C32H27NO5/c1-2-37-26-17-10-14-24(20-26)30(34)28-29(33(32(36)31(28)35)21-22-11-5-3-6-12-22)23-13-9-18-27(19-23)38-25-15-7-4-8-16-25/h3-20,29,34H,2,21H2,1H3/b30-28+. The summed E-state index contributed by atoms with van der Waals surface area (Å²) in [4.78, 5) is 28.3. The predicted octanol–water partition coefficient (Wildman–Crippen LogP) is 6.50. The molecule has 1 fully saturated rings. The summed E-state index contributed by atoms with van der Waals surface area (Å²) in [5, 5.41) is 11.4. The first-order chi connectivity index (χ1) is 18.5. The van der Waals surface area contributed by atoms with Crippen LogP contribution in [0.15, 0.2) is 115 Å². The van der Waals surface area contributed by atoms with Crippen molar-refractivity contribution < 1.29 is 24.2 Å². The lowest BCUT2D eigenvalue weighted by Crippen LogP contribution is -2.29. The maximum Gasteiger partial charge on any atom is 0.295 e. The molecule has 38 heavy (non-hydrogen) atoms. The maximum absolute atomic E-state index is 13.4. The zero-order valence-electron chi connectivity index (χ0n) is 20.9. The van der Waals surface area contributed by atoms with Crippen LogP contribution in [-0.4, -0.2) is 28.3 Å². The minimum atomic E-state index is -0.815. The normalized spacial score (nSPS) is 16.4. The van der Waals surface area contributed by atoms with Crippen LogP contribution in [0.5, 0.6) is 17.2 Å². The third kappa shape index (κ3) is 5.15. The van der Waals surface area contributed by atoms with Crippen molar-refractivity contribution in [2.45, 2.75) is 19.5 Å². The summed E-state index contributed by atoms with van der Waals surface area (Å²) >= 11 is 0. The van der Waals surface area contributed by atoms with Crippen molar-refractivity contribution in [1.82, 2.24) is 4.90 Å². The average molecular weight is 506 g/mol. The first kappa shape index (κ1) is 24.8. The highest BCUT2D eigenvalue weighted by molar-refractivity contribution is 6.46. The number of rotatable bonds is 8. The van der Waals surface area contributed by atoms with Crippen LogP contribution in [0, 0.1) is 0 Å². The van der Waals surface area contributed by atoms with E-state index in [0.29, 0.717) is 35.0 Å². The topological polar surface area (TPSA) is 76.1 Å². The van der Waals surface area contributed by atoms with Crippen molar-refractivity contribution in [3.05, 3.63) is 131 Å². The van der Waals surface area contributed by atoms with Crippen LogP contribution in [0.3, 0.4) is 0 Å². The van der Waals surface area contributed by atoms with E-state index in [9.17, 15) is 14.7 Å². The van der Waals surface area contributed by atoms with Gasteiger partial charge in [0.15, 0.2) is 0 Å². The number of Topliss-reactive ketones (excluding diaryl/α,β-unsaturated/α-hetero) is 1. The van der Waals surface area contributed by atoms with E-state index >= 15 is 0 Å². The summed E-state index contributed by atoms with van der Waals surface area (Å²) in [5.41, 5.74) is 1.94. The molecule has 1 N–H and O–H groups in total. The van der Waals surface area contributed by atoms with Crippen LogP contribution in [0.4, 0.5) is 0 Å². The van der Waals surface area contributed by atoms with Crippen molar-refractivity contribution in [2.24, 2.45) is 0 Å². The van der Waals surface area contributed by atoms with E-state index in [1.54, 1.807) is 30.3 Å². The largest absolute Gasteiger partial charge is 0.507 e. The lowest BCUT2D eigenvalue weighted by atomic mass is 9.95. The number of aliphatic hydroxyl groups excluding tert-OH is 1. The molecule has 1 saturated heterocycles. The molecule has 6 nitrogen and oxygen atoms in total. The van der Waals surface area contributed by atoms with Gasteiger partial charge in [0.05, 0.1) is 18.2 Å². The Morgan fingerprint density at radius 2 is 1.45 bits per heavy atom. The zero-order chi connectivity index (χ0) is 26.5. The second-order valence-electron chi connectivity index (χ2n) is 8.86. The monoisotopic (exact) mass is 505 g/mol. The van der Waals surface area contributed by atoms with Crippen LogP contribution in [0.1, 0.15) is 29.7 Å². The highest BCUT2D eigenvalue weighted by Gasteiger charge is 2.46. The second kappa shape index (κ2) is 11.0. The number of benzene rings is 4. The Labute approximate surface area is 221 Å². The highest BCUT2D eigenvalue weighted by Crippen LogP contribution is 2.41. The van der Waals surface area contributed by atoms with Gasteiger partial charge in [0.1, 0.15) is 23.0 Å². The van der Waals surface area contributed by atoms with Gasteiger partial charge in [-0.1, -0.05) is 72.8 Å². The van der Waals surface area contributed by atoms with E-state index in [-0.39, 0.29) is 17.9 Å². The van der Waals surface area contributed by atoms with Gasteiger partial charge in [-0.05, 0) is 54.4 Å². The Bertz CT molecular complexity index is 1480. The summed E-state index contributed by atoms with van der Waals surface area (Å²) < 4.78 is 11.6. The smallest absolute Gasteiger partial charge is 0.295 e. The molecule has 4 aromatic rings. The van der Waals surface area contributed by atoms with E-state index in [1.807, 2.05) is 85.8 Å². The number of aliphatic hydroxyl groups is 1. The molecule has 0 saturated carbocycles. The fraction of sp³-hybridized carbons (Fsp3) is 0.125. The first-order valence-electron chi connectivity index (χ1n) is 12.4. The second-order valence-corrected chi connectivity index (χ2v) is 8.86. The van der Waals surface area contributed by atoms with E-state index < -0.39 is 17.7 Å². The number of amides is 1. The summed E-state index contributed by atoms with van der Waals surface area (Å²) in [6.45, 7) is 2.53. The van der Waals surface area contributed by atoms with Crippen molar-refractivity contribution in [3.8, 4) is 17.2 Å². The minimum absolute atomic E-state index is 0.0245. The third-order valence-corrected chi connectivity index (χ3v) is 6.31. The molecule has 0 radical (unpaired) electrons. The van der Waals surface area contributed by atoms with Crippen molar-refractivity contribution in [3.63, 3.8) is 0 Å². The number of carbonyl (C=O) groups excluding carboxylic acids is 2. The number of nitrogens with zero attached hydrogens (tertiary/aromatic N) is 1. The SMILES string of the molecule is CCOc1cccc(/C(O)=C2\C(=O)C(=O)N(Cc3ccccc3)C2c2cccc(Oc3ccccc3)c2)c1. The number of para-hydroxylation sites is 1. The average Bonchev–Trinajstić information content (AvgIpc) is 3.19. The quantitative estimate of drug-likeness (QED) is 0.168. The zero-order valence-corrected chi connectivity index (χ0v) is 20.9. The van der Waals surface area contributed by atoms with Crippen molar-refractivity contribution >= 4 is 17.4 Å². The fourth-order valence-corrected chi connectivity index (χ4v) is 4.60. The van der Waals surface area contributed by atoms with Crippen LogP contribution in [-0.2, 0) is 16.1 Å². The van der Waals surface area contributed by atoms with Crippen molar-refractivity contribution in [2.75, 3.05) is 6.61 Å². The summed E-state index contributed by atoms with van der Waals surface area (Å²) in [6.07, 6.45) is 0. The number of carbonyl (C=O) groups is 2. The number of ketones is 1. The van der Waals surface area contributed by atoms with Gasteiger partial charge in [-0.3, -0.25) is 9.59 Å². The minimum Gasteiger partial charge on any atom is -0.507 e. The first-order valence-corrected chi connectivity index (χ1v) is 12.4. The summed E-state index contributed by atoms with van der Waals surface area (Å²) in [7, 11) is 0. The molecule has 0 bridgehead atoms. The van der Waals surface area contributed by atoms with Crippen molar-refractivity contribution in [1.29, 1.82) is 0 Å². The van der Waals surface area contributed by atoms with Crippen LogP contribution in [0.2, 0.25) is 0 Å². The lowest BCUT2D eigenvalue weighted by molar-refractivity contribution is -0.140. The molecule has 1 aliphatic rings. The molecule has 5 rings (SSSR count). The van der Waals surface area contributed by atoms with Gasteiger partial charge in [-0.25, -0.2) is 0 Å². The van der Waals surface area contributed by atoms with E-state index in [2.05, 4.69) is 0 Å². The molecule has 190 valence electrons.